The molecule has 1 amide bonds. The van der Waals surface area contributed by atoms with Gasteiger partial charge in [0, 0.05) is 24.3 Å². The Balaban J connectivity index is 1.25. The van der Waals surface area contributed by atoms with E-state index in [1.807, 2.05) is 17.0 Å². The quantitative estimate of drug-likeness (QED) is 0.637. The number of carbonyl (C=O) groups excluding carboxylic acids is 1. The van der Waals surface area contributed by atoms with Crippen molar-refractivity contribution in [2.75, 3.05) is 24.5 Å². The lowest BCUT2D eigenvalue weighted by atomic mass is 9.94. The molecule has 160 valence electrons. The summed E-state index contributed by atoms with van der Waals surface area (Å²) in [5.41, 5.74) is 3.04. The highest BCUT2D eigenvalue weighted by Gasteiger charge is 2.32. The normalized spacial score (nSPS) is 19.3. The van der Waals surface area contributed by atoms with E-state index in [0.717, 1.165) is 44.5 Å². The third-order valence-corrected chi connectivity index (χ3v) is 6.16. The number of hydrogen-bond donors (Lipinski definition) is 0. The number of aromatic nitrogens is 2. The van der Waals surface area contributed by atoms with Gasteiger partial charge in [0.1, 0.15) is 5.82 Å². The van der Waals surface area contributed by atoms with Crippen LogP contribution in [0, 0.1) is 11.7 Å². The zero-order valence-electron chi connectivity index (χ0n) is 17.3. The number of piperidine rings is 1. The number of aryl methyl sites for hydroxylation is 1. The number of carbonyl (C=O) groups is 1. The largest absolute Gasteiger partial charge is 0.338 e. The van der Waals surface area contributed by atoms with E-state index in [4.69, 9.17) is 4.52 Å². The van der Waals surface area contributed by atoms with E-state index in [2.05, 4.69) is 27.2 Å². The number of benzene rings is 2. The van der Waals surface area contributed by atoms with Crippen molar-refractivity contribution in [1.82, 2.24) is 15.0 Å². The van der Waals surface area contributed by atoms with Gasteiger partial charge in [0.25, 0.3) is 0 Å². The summed E-state index contributed by atoms with van der Waals surface area (Å²) in [5, 5.41) is 4.02. The minimum Gasteiger partial charge on any atom is -0.338 e. The van der Waals surface area contributed by atoms with Gasteiger partial charge >= 0.3 is 0 Å². The second-order valence-electron chi connectivity index (χ2n) is 8.32. The molecular weight excluding hydrogens is 395 g/mol. The van der Waals surface area contributed by atoms with Gasteiger partial charge < -0.3 is 9.42 Å². The first-order chi connectivity index (χ1) is 15.2. The summed E-state index contributed by atoms with van der Waals surface area (Å²) in [5.74, 6) is 0.849. The third kappa shape index (κ3) is 4.23. The lowest BCUT2D eigenvalue weighted by molar-refractivity contribution is -0.124. The Morgan fingerprint density at radius 1 is 1.10 bits per heavy atom. The van der Waals surface area contributed by atoms with E-state index in [0.29, 0.717) is 30.4 Å². The fraction of sp³-hybridized carbons (Fsp3) is 0.375. The summed E-state index contributed by atoms with van der Waals surface area (Å²) in [6, 6.07) is 14.3. The molecule has 7 heteroatoms. The van der Waals surface area contributed by atoms with Crippen LogP contribution in [0.15, 0.2) is 53.1 Å². The van der Waals surface area contributed by atoms with Gasteiger partial charge in [-0.3, -0.25) is 9.69 Å². The van der Waals surface area contributed by atoms with Crippen LogP contribution in [0.1, 0.15) is 30.7 Å². The van der Waals surface area contributed by atoms with Gasteiger partial charge in [0.05, 0.1) is 12.5 Å². The number of nitrogens with zero attached hydrogens (tertiary/aromatic N) is 4. The van der Waals surface area contributed by atoms with Crippen LogP contribution in [0.2, 0.25) is 0 Å². The first-order valence-corrected chi connectivity index (χ1v) is 10.9. The van der Waals surface area contributed by atoms with E-state index in [-0.39, 0.29) is 17.6 Å². The number of rotatable bonds is 4. The number of halogens is 1. The second kappa shape index (κ2) is 8.59. The molecule has 1 saturated heterocycles. The van der Waals surface area contributed by atoms with Crippen molar-refractivity contribution in [1.29, 1.82) is 0 Å². The highest BCUT2D eigenvalue weighted by molar-refractivity contribution is 5.96. The standard InChI is InChI=1S/C24H25FN4O2/c25-20-11-9-18(10-12-20)23-26-22(31-27-23)16-28-13-3-7-19(15-28)24(30)29-14-4-6-17-5-1-2-8-21(17)29/h1-2,5,8-12,19H,3-4,6-7,13-16H2. The lowest BCUT2D eigenvalue weighted by Gasteiger charge is -2.36. The van der Waals surface area contributed by atoms with Crippen molar-refractivity contribution in [3.05, 3.63) is 65.8 Å². The third-order valence-electron chi connectivity index (χ3n) is 6.16. The second-order valence-corrected chi connectivity index (χ2v) is 8.32. The van der Waals surface area contributed by atoms with Crippen LogP contribution in [0.25, 0.3) is 11.4 Å². The summed E-state index contributed by atoms with van der Waals surface area (Å²) in [4.78, 5) is 22.0. The van der Waals surface area contributed by atoms with Gasteiger partial charge in [-0.15, -0.1) is 0 Å². The van der Waals surface area contributed by atoms with Crippen LogP contribution in [-0.4, -0.2) is 40.6 Å². The fourth-order valence-corrected chi connectivity index (χ4v) is 4.61. The first kappa shape index (κ1) is 19.9. The number of anilines is 1. The number of hydrogen-bond acceptors (Lipinski definition) is 5. The molecule has 1 unspecified atom stereocenters. The van der Waals surface area contributed by atoms with Crippen LogP contribution in [0.3, 0.4) is 0 Å². The van der Waals surface area contributed by atoms with E-state index in [1.54, 1.807) is 12.1 Å². The van der Waals surface area contributed by atoms with Gasteiger partial charge in [-0.05, 0) is 68.1 Å². The topological polar surface area (TPSA) is 62.5 Å². The van der Waals surface area contributed by atoms with Crippen molar-refractivity contribution in [3.8, 4) is 11.4 Å². The Labute approximate surface area is 180 Å². The Morgan fingerprint density at radius 2 is 1.94 bits per heavy atom. The summed E-state index contributed by atoms with van der Waals surface area (Å²) in [6.07, 6.45) is 3.90. The molecule has 1 fully saturated rings. The Kier molecular flexibility index (Phi) is 5.51. The monoisotopic (exact) mass is 420 g/mol. The smallest absolute Gasteiger partial charge is 0.241 e. The van der Waals surface area contributed by atoms with Gasteiger partial charge in [-0.2, -0.15) is 4.98 Å². The zero-order valence-corrected chi connectivity index (χ0v) is 17.3. The molecule has 5 rings (SSSR count). The van der Waals surface area contributed by atoms with Gasteiger partial charge in [0.2, 0.25) is 17.6 Å². The average Bonchev–Trinajstić information content (AvgIpc) is 3.27. The molecule has 0 N–H and O–H groups in total. The predicted octanol–water partition coefficient (Wildman–Crippen LogP) is 4.07. The highest BCUT2D eigenvalue weighted by Crippen LogP contribution is 2.30. The van der Waals surface area contributed by atoms with Gasteiger partial charge in [-0.1, -0.05) is 23.4 Å². The molecule has 1 aromatic heterocycles. The molecule has 0 spiro atoms. The predicted molar refractivity (Wildman–Crippen MR) is 115 cm³/mol. The maximum Gasteiger partial charge on any atom is 0.241 e. The first-order valence-electron chi connectivity index (χ1n) is 10.9. The molecule has 2 aromatic carbocycles. The van der Waals surface area contributed by atoms with Gasteiger partial charge in [0.15, 0.2) is 0 Å². The number of fused-ring (bicyclic) bond motifs is 1. The summed E-state index contributed by atoms with van der Waals surface area (Å²) >= 11 is 0. The van der Waals surface area contributed by atoms with E-state index in [9.17, 15) is 9.18 Å². The Bertz CT molecular complexity index is 1070. The number of amides is 1. The Hall–Kier alpha value is -3.06. The number of likely N-dealkylation sites (tertiary alicyclic amines) is 1. The van der Waals surface area contributed by atoms with Crippen LogP contribution < -0.4 is 4.90 Å². The Morgan fingerprint density at radius 3 is 2.81 bits per heavy atom. The zero-order chi connectivity index (χ0) is 21.2. The molecule has 3 aromatic rings. The van der Waals surface area contributed by atoms with Gasteiger partial charge in [-0.25, -0.2) is 4.39 Å². The van der Waals surface area contributed by atoms with E-state index in [1.165, 1.54) is 17.7 Å². The summed E-state index contributed by atoms with van der Waals surface area (Å²) < 4.78 is 18.6. The van der Waals surface area contributed by atoms with Crippen LogP contribution >= 0.6 is 0 Å². The van der Waals surface area contributed by atoms with E-state index >= 15 is 0 Å². The summed E-state index contributed by atoms with van der Waals surface area (Å²) in [7, 11) is 0. The molecular formula is C24H25FN4O2. The maximum absolute atomic E-state index is 13.3. The van der Waals surface area contributed by atoms with Crippen molar-refractivity contribution in [3.63, 3.8) is 0 Å². The molecule has 3 heterocycles. The molecule has 6 nitrogen and oxygen atoms in total. The lowest BCUT2D eigenvalue weighted by Crippen LogP contribution is -2.46. The molecule has 2 aliphatic rings. The molecule has 1 atom stereocenters. The molecule has 0 aliphatic carbocycles. The van der Waals surface area contributed by atoms with Crippen molar-refractivity contribution in [2.45, 2.75) is 32.2 Å². The minimum atomic E-state index is -0.298. The van der Waals surface area contributed by atoms with Crippen LogP contribution in [0.4, 0.5) is 10.1 Å². The fourth-order valence-electron chi connectivity index (χ4n) is 4.61. The molecule has 0 bridgehead atoms. The highest BCUT2D eigenvalue weighted by atomic mass is 19.1. The van der Waals surface area contributed by atoms with Crippen molar-refractivity contribution < 1.29 is 13.7 Å². The van der Waals surface area contributed by atoms with Crippen molar-refractivity contribution in [2.24, 2.45) is 5.92 Å². The molecule has 31 heavy (non-hydrogen) atoms. The minimum absolute atomic E-state index is 0.0283. The number of para-hydroxylation sites is 1. The SMILES string of the molecule is O=C(C1CCCN(Cc2nc(-c3ccc(F)cc3)no2)C1)N1CCCc2ccccc21. The van der Waals surface area contributed by atoms with Crippen LogP contribution in [0.5, 0.6) is 0 Å². The van der Waals surface area contributed by atoms with Crippen LogP contribution in [-0.2, 0) is 17.8 Å². The van der Waals surface area contributed by atoms with Crippen molar-refractivity contribution >= 4 is 11.6 Å². The average molecular weight is 420 g/mol. The molecule has 2 aliphatic heterocycles. The molecule has 0 saturated carbocycles. The summed E-state index contributed by atoms with van der Waals surface area (Å²) in [6.45, 7) is 2.88. The maximum atomic E-state index is 13.3. The van der Waals surface area contributed by atoms with E-state index < -0.39 is 0 Å². The molecule has 0 radical (unpaired) electrons.